The number of nitrogens with zero attached hydrogens (tertiary/aromatic N) is 3. The summed E-state index contributed by atoms with van der Waals surface area (Å²) < 4.78 is 18.3. The Morgan fingerprint density at radius 2 is 1.85 bits per heavy atom. The Labute approximate surface area is 153 Å². The number of aromatic nitrogens is 2. The van der Waals surface area contributed by atoms with Crippen molar-refractivity contribution >= 4 is 11.8 Å². The minimum absolute atomic E-state index is 0.207. The van der Waals surface area contributed by atoms with E-state index in [4.69, 9.17) is 4.74 Å². The van der Waals surface area contributed by atoms with Crippen molar-refractivity contribution in [2.45, 2.75) is 13.3 Å². The number of rotatable bonds is 8. The zero-order valence-corrected chi connectivity index (χ0v) is 15.2. The van der Waals surface area contributed by atoms with Crippen molar-refractivity contribution < 1.29 is 9.13 Å². The van der Waals surface area contributed by atoms with Crippen molar-refractivity contribution in [2.24, 2.45) is 0 Å². The number of benzene rings is 1. The zero-order valence-electron chi connectivity index (χ0n) is 15.2. The third-order valence-electron chi connectivity index (χ3n) is 4.30. The highest BCUT2D eigenvalue weighted by molar-refractivity contribution is 5.42. The van der Waals surface area contributed by atoms with E-state index in [1.807, 2.05) is 13.0 Å². The molecule has 0 unspecified atom stereocenters. The lowest BCUT2D eigenvalue weighted by molar-refractivity contribution is 0.0398. The summed E-state index contributed by atoms with van der Waals surface area (Å²) in [6, 6.07) is 8.51. The molecule has 0 spiro atoms. The Kier molecular flexibility index (Phi) is 6.74. The molecule has 2 N–H and O–H groups in total. The highest BCUT2D eigenvalue weighted by Crippen LogP contribution is 2.10. The number of hydrogen-bond acceptors (Lipinski definition) is 6. The Morgan fingerprint density at radius 1 is 1.08 bits per heavy atom. The fourth-order valence-corrected chi connectivity index (χ4v) is 2.87. The van der Waals surface area contributed by atoms with E-state index < -0.39 is 0 Å². The van der Waals surface area contributed by atoms with E-state index in [2.05, 4.69) is 25.5 Å². The maximum atomic E-state index is 12.9. The quantitative estimate of drug-likeness (QED) is 0.754. The number of hydrogen-bond donors (Lipinski definition) is 2. The first-order chi connectivity index (χ1) is 12.7. The monoisotopic (exact) mass is 359 g/mol. The molecule has 0 saturated carbocycles. The smallest absolute Gasteiger partial charge is 0.224 e. The van der Waals surface area contributed by atoms with Crippen LogP contribution < -0.4 is 10.6 Å². The molecule has 26 heavy (non-hydrogen) atoms. The lowest BCUT2D eigenvalue weighted by Gasteiger charge is -2.26. The summed E-state index contributed by atoms with van der Waals surface area (Å²) in [7, 11) is 0. The summed E-state index contributed by atoms with van der Waals surface area (Å²) in [5.74, 6) is 1.23. The number of morpholine rings is 1. The van der Waals surface area contributed by atoms with Crippen molar-refractivity contribution in [3.63, 3.8) is 0 Å². The topological polar surface area (TPSA) is 62.3 Å². The summed E-state index contributed by atoms with van der Waals surface area (Å²) in [4.78, 5) is 11.3. The lowest BCUT2D eigenvalue weighted by Crippen LogP contribution is -2.39. The molecule has 2 aromatic rings. The van der Waals surface area contributed by atoms with Gasteiger partial charge >= 0.3 is 0 Å². The fourth-order valence-electron chi connectivity index (χ4n) is 2.87. The first-order valence-electron chi connectivity index (χ1n) is 9.07. The Balaban J connectivity index is 1.46. The van der Waals surface area contributed by atoms with Crippen LogP contribution in [0.2, 0.25) is 0 Å². The molecule has 140 valence electrons. The van der Waals surface area contributed by atoms with Crippen LogP contribution in [0, 0.1) is 12.7 Å². The van der Waals surface area contributed by atoms with E-state index in [0.29, 0.717) is 5.95 Å². The number of nitrogens with one attached hydrogen (secondary N) is 2. The van der Waals surface area contributed by atoms with Crippen LogP contribution in [0.15, 0.2) is 30.3 Å². The first-order valence-corrected chi connectivity index (χ1v) is 9.07. The van der Waals surface area contributed by atoms with Crippen LogP contribution >= 0.6 is 0 Å². The predicted octanol–water partition coefficient (Wildman–Crippen LogP) is 2.32. The maximum absolute atomic E-state index is 12.9. The summed E-state index contributed by atoms with van der Waals surface area (Å²) >= 11 is 0. The molecule has 0 radical (unpaired) electrons. The van der Waals surface area contributed by atoms with Gasteiger partial charge in [-0.1, -0.05) is 12.1 Å². The number of anilines is 2. The third-order valence-corrected chi connectivity index (χ3v) is 4.30. The molecule has 6 nitrogen and oxygen atoms in total. The van der Waals surface area contributed by atoms with Gasteiger partial charge in [0.25, 0.3) is 0 Å². The lowest BCUT2D eigenvalue weighted by atomic mass is 10.1. The molecule has 1 aliphatic heterocycles. The molecule has 0 bridgehead atoms. The molecule has 7 heteroatoms. The maximum Gasteiger partial charge on any atom is 0.224 e. The summed E-state index contributed by atoms with van der Waals surface area (Å²) in [5.41, 5.74) is 2.01. The van der Waals surface area contributed by atoms with Crippen molar-refractivity contribution in [3.8, 4) is 0 Å². The minimum Gasteiger partial charge on any atom is -0.379 e. The first kappa shape index (κ1) is 18.5. The summed E-state index contributed by atoms with van der Waals surface area (Å²) in [5, 5.41) is 6.62. The van der Waals surface area contributed by atoms with E-state index in [0.717, 1.165) is 69.4 Å². The van der Waals surface area contributed by atoms with Crippen LogP contribution in [-0.4, -0.2) is 60.8 Å². The highest BCUT2D eigenvalue weighted by atomic mass is 19.1. The van der Waals surface area contributed by atoms with Crippen LogP contribution in [0.4, 0.5) is 16.2 Å². The third kappa shape index (κ3) is 5.93. The van der Waals surface area contributed by atoms with Crippen LogP contribution in [0.1, 0.15) is 11.3 Å². The molecule has 1 aromatic heterocycles. The largest absolute Gasteiger partial charge is 0.379 e. The standard InChI is InChI=1S/C19H26FN5O/c1-15-14-18(21-7-6-16-2-4-17(20)5-3-16)24-19(23-15)22-8-9-25-10-12-26-13-11-25/h2-5,14H,6-13H2,1H3,(H2,21,22,23,24). The highest BCUT2D eigenvalue weighted by Gasteiger charge is 2.10. The Bertz CT molecular complexity index is 689. The molecule has 3 rings (SSSR count). The molecule has 2 heterocycles. The predicted molar refractivity (Wildman–Crippen MR) is 101 cm³/mol. The Morgan fingerprint density at radius 3 is 2.62 bits per heavy atom. The van der Waals surface area contributed by atoms with Crippen LogP contribution in [0.25, 0.3) is 0 Å². The SMILES string of the molecule is Cc1cc(NCCc2ccc(F)cc2)nc(NCCN2CCOCC2)n1. The van der Waals surface area contributed by atoms with E-state index in [9.17, 15) is 4.39 Å². The zero-order chi connectivity index (χ0) is 18.2. The second kappa shape index (κ2) is 9.45. The fraction of sp³-hybridized carbons (Fsp3) is 0.474. The van der Waals surface area contributed by atoms with E-state index in [1.54, 1.807) is 12.1 Å². The van der Waals surface area contributed by atoms with Gasteiger partial charge in [-0.05, 0) is 31.0 Å². The second-order valence-electron chi connectivity index (χ2n) is 6.40. The molecule has 1 aliphatic rings. The number of halogens is 1. The molecule has 1 saturated heterocycles. The van der Waals surface area contributed by atoms with Gasteiger partial charge in [-0.3, -0.25) is 4.90 Å². The van der Waals surface area contributed by atoms with E-state index in [-0.39, 0.29) is 5.82 Å². The molecule has 0 aliphatic carbocycles. The van der Waals surface area contributed by atoms with Crippen LogP contribution in [0.3, 0.4) is 0 Å². The summed E-state index contributed by atoms with van der Waals surface area (Å²) in [6.45, 7) is 8.02. The average molecular weight is 359 g/mol. The van der Waals surface area contributed by atoms with Gasteiger partial charge in [-0.25, -0.2) is 9.37 Å². The molecule has 1 aromatic carbocycles. The minimum atomic E-state index is -0.207. The van der Waals surface area contributed by atoms with Gasteiger partial charge in [-0.2, -0.15) is 4.98 Å². The molecule has 0 amide bonds. The van der Waals surface area contributed by atoms with Gasteiger partial charge in [0.15, 0.2) is 0 Å². The molecule has 1 fully saturated rings. The van der Waals surface area contributed by atoms with E-state index in [1.165, 1.54) is 12.1 Å². The average Bonchev–Trinajstić information content (AvgIpc) is 2.64. The van der Waals surface area contributed by atoms with Gasteiger partial charge in [0, 0.05) is 44.5 Å². The van der Waals surface area contributed by atoms with Gasteiger partial charge in [-0.15, -0.1) is 0 Å². The van der Waals surface area contributed by atoms with Crippen molar-refractivity contribution in [1.82, 2.24) is 14.9 Å². The Hall–Kier alpha value is -2.25. The van der Waals surface area contributed by atoms with Crippen LogP contribution in [0.5, 0.6) is 0 Å². The normalized spacial score (nSPS) is 15.0. The van der Waals surface area contributed by atoms with Gasteiger partial charge in [0.2, 0.25) is 5.95 Å². The van der Waals surface area contributed by atoms with Crippen molar-refractivity contribution in [2.75, 3.05) is 56.6 Å². The van der Waals surface area contributed by atoms with Crippen molar-refractivity contribution in [3.05, 3.63) is 47.4 Å². The summed E-state index contributed by atoms with van der Waals surface area (Å²) in [6.07, 6.45) is 0.809. The van der Waals surface area contributed by atoms with Gasteiger partial charge < -0.3 is 15.4 Å². The van der Waals surface area contributed by atoms with Gasteiger partial charge in [0.1, 0.15) is 11.6 Å². The van der Waals surface area contributed by atoms with Crippen LogP contribution in [-0.2, 0) is 11.2 Å². The van der Waals surface area contributed by atoms with Crippen molar-refractivity contribution in [1.29, 1.82) is 0 Å². The molecular formula is C19H26FN5O. The van der Waals surface area contributed by atoms with Gasteiger partial charge in [0.05, 0.1) is 13.2 Å². The molecular weight excluding hydrogens is 333 g/mol. The number of ether oxygens (including phenoxy) is 1. The second-order valence-corrected chi connectivity index (χ2v) is 6.40. The van der Waals surface area contributed by atoms with E-state index >= 15 is 0 Å². The number of aryl methyl sites for hydroxylation is 1. The molecule has 0 atom stereocenters.